The fraction of sp³-hybridized carbons (Fsp3) is 0.226. The van der Waals surface area contributed by atoms with Crippen LogP contribution in [-0.4, -0.2) is 45.4 Å². The summed E-state index contributed by atoms with van der Waals surface area (Å²) in [7, 11) is -8.39. The van der Waals surface area contributed by atoms with E-state index in [1.165, 1.54) is 24.3 Å². The van der Waals surface area contributed by atoms with Crippen LogP contribution in [0.25, 0.3) is 0 Å². The normalized spacial score (nSPS) is 13.7. The molecular formula is C31H32BrNO6S2. The van der Waals surface area contributed by atoms with Crippen molar-refractivity contribution in [2.75, 3.05) is 13.2 Å². The Morgan fingerprint density at radius 2 is 1.29 bits per heavy atom. The Hall–Kier alpha value is -2.86. The van der Waals surface area contributed by atoms with Gasteiger partial charge in [-0.2, -0.15) is 12.7 Å². The molecule has 4 rings (SSSR count). The number of hydrogen-bond donors (Lipinski definition) is 1. The number of benzene rings is 4. The molecule has 0 heterocycles. The first kappa shape index (κ1) is 31.1. The van der Waals surface area contributed by atoms with Crippen molar-refractivity contribution in [3.63, 3.8) is 0 Å². The minimum atomic E-state index is -4.20. The highest BCUT2D eigenvalue weighted by atomic mass is 79.9. The van der Waals surface area contributed by atoms with Gasteiger partial charge in [0.1, 0.15) is 0 Å². The van der Waals surface area contributed by atoms with Crippen LogP contribution < -0.4 is 0 Å². The van der Waals surface area contributed by atoms with Crippen LogP contribution in [0.1, 0.15) is 28.4 Å². The molecular weight excluding hydrogens is 626 g/mol. The molecule has 0 aliphatic rings. The van der Waals surface area contributed by atoms with Gasteiger partial charge in [0.25, 0.3) is 10.1 Å². The molecule has 216 valence electrons. The summed E-state index contributed by atoms with van der Waals surface area (Å²) in [4.78, 5) is 0.00922. The van der Waals surface area contributed by atoms with Gasteiger partial charge in [0.2, 0.25) is 10.0 Å². The van der Waals surface area contributed by atoms with Gasteiger partial charge in [0.05, 0.1) is 28.5 Å². The van der Waals surface area contributed by atoms with Crippen LogP contribution in [0.15, 0.2) is 117 Å². The average Bonchev–Trinajstić information content (AvgIpc) is 2.95. The molecule has 0 aliphatic heterocycles. The summed E-state index contributed by atoms with van der Waals surface area (Å²) in [6.07, 6.45) is -1.03. The molecule has 41 heavy (non-hydrogen) atoms. The molecule has 0 unspecified atom stereocenters. The summed E-state index contributed by atoms with van der Waals surface area (Å²) in [6, 6.07) is 27.8. The first-order chi connectivity index (χ1) is 19.5. The Labute approximate surface area is 250 Å². The third-order valence-corrected chi connectivity index (χ3v) is 10.4. The van der Waals surface area contributed by atoms with Crippen LogP contribution in [-0.2, 0) is 30.7 Å². The second-order valence-electron chi connectivity index (χ2n) is 9.85. The van der Waals surface area contributed by atoms with Crippen LogP contribution in [0.4, 0.5) is 0 Å². The quantitative estimate of drug-likeness (QED) is 0.193. The summed E-state index contributed by atoms with van der Waals surface area (Å²) in [5.41, 5.74) is 3.09. The lowest BCUT2D eigenvalue weighted by Crippen LogP contribution is -2.46. The summed E-state index contributed by atoms with van der Waals surface area (Å²) in [5, 5.41) is 11.2. The molecule has 0 radical (unpaired) electrons. The highest BCUT2D eigenvalue weighted by molar-refractivity contribution is 9.10. The largest absolute Gasteiger partial charge is 0.387 e. The molecule has 0 aromatic heterocycles. The maximum atomic E-state index is 14.1. The lowest BCUT2D eigenvalue weighted by atomic mass is 10.1. The molecule has 4 aromatic carbocycles. The van der Waals surface area contributed by atoms with Crippen molar-refractivity contribution in [3.8, 4) is 0 Å². The molecule has 0 bridgehead atoms. The summed E-state index contributed by atoms with van der Waals surface area (Å²) >= 11 is 3.37. The Morgan fingerprint density at radius 3 is 1.85 bits per heavy atom. The summed E-state index contributed by atoms with van der Waals surface area (Å²) < 4.78 is 62.0. The molecule has 0 fully saturated rings. The molecule has 7 nitrogen and oxygen atoms in total. The predicted octanol–water partition coefficient (Wildman–Crippen LogP) is 5.81. The smallest absolute Gasteiger partial charge is 0.297 e. The number of aliphatic hydroxyl groups is 1. The van der Waals surface area contributed by atoms with Gasteiger partial charge in [-0.15, -0.1) is 0 Å². The van der Waals surface area contributed by atoms with Crippen molar-refractivity contribution < 1.29 is 26.1 Å². The summed E-state index contributed by atoms with van der Waals surface area (Å²) in [5.74, 6) is 0. The highest BCUT2D eigenvalue weighted by Gasteiger charge is 2.35. The van der Waals surface area contributed by atoms with Crippen LogP contribution in [0.5, 0.6) is 0 Å². The second-order valence-corrected chi connectivity index (χ2v) is 14.3. The van der Waals surface area contributed by atoms with Crippen LogP contribution in [0, 0.1) is 13.8 Å². The van der Waals surface area contributed by atoms with Gasteiger partial charge in [-0.05, 0) is 67.8 Å². The van der Waals surface area contributed by atoms with E-state index >= 15 is 0 Å². The number of hydrogen-bond acceptors (Lipinski definition) is 6. The lowest BCUT2D eigenvalue weighted by Gasteiger charge is -2.32. The Kier molecular flexibility index (Phi) is 10.2. The molecule has 0 saturated carbocycles. The van der Waals surface area contributed by atoms with E-state index < -0.39 is 38.9 Å². The maximum absolute atomic E-state index is 14.1. The van der Waals surface area contributed by atoms with Crippen molar-refractivity contribution in [1.82, 2.24) is 4.31 Å². The first-order valence-corrected chi connectivity index (χ1v) is 16.6. The minimum absolute atomic E-state index is 0.0237. The van der Waals surface area contributed by atoms with Crippen LogP contribution in [0.2, 0.25) is 0 Å². The van der Waals surface area contributed by atoms with Crippen LogP contribution >= 0.6 is 15.9 Å². The van der Waals surface area contributed by atoms with Crippen molar-refractivity contribution in [1.29, 1.82) is 0 Å². The van der Waals surface area contributed by atoms with Crippen LogP contribution in [0.3, 0.4) is 0 Å². The van der Waals surface area contributed by atoms with E-state index in [4.69, 9.17) is 4.18 Å². The van der Waals surface area contributed by atoms with E-state index in [-0.39, 0.29) is 22.8 Å². The fourth-order valence-electron chi connectivity index (χ4n) is 4.32. The van der Waals surface area contributed by atoms with E-state index in [0.717, 1.165) is 25.5 Å². The number of nitrogens with zero attached hydrogens (tertiary/aromatic N) is 1. The molecule has 4 aromatic rings. The zero-order valence-corrected chi connectivity index (χ0v) is 25.9. The number of aryl methyl sites for hydroxylation is 2. The number of sulfonamides is 1. The molecule has 0 amide bonds. The molecule has 1 N–H and O–H groups in total. The van der Waals surface area contributed by atoms with E-state index in [9.17, 15) is 21.9 Å². The van der Waals surface area contributed by atoms with Gasteiger partial charge in [-0.1, -0.05) is 93.8 Å². The van der Waals surface area contributed by atoms with Crippen molar-refractivity contribution in [2.45, 2.75) is 42.2 Å². The molecule has 0 aliphatic carbocycles. The van der Waals surface area contributed by atoms with Gasteiger partial charge in [-0.3, -0.25) is 4.18 Å². The molecule has 0 spiro atoms. The van der Waals surface area contributed by atoms with Crippen molar-refractivity contribution in [3.05, 3.63) is 130 Å². The van der Waals surface area contributed by atoms with E-state index in [1.54, 1.807) is 48.5 Å². The first-order valence-electron chi connectivity index (χ1n) is 13.0. The zero-order valence-electron chi connectivity index (χ0n) is 22.7. The standard InChI is InChI=1S/C31H32BrNO6S2/c1-23-8-16-29(17-9-23)40(35,36)33(21-31(34)26-12-14-27(32)15-13-26)28(20-25-6-4-3-5-7-25)22-39-41(37,38)30-18-10-24(2)11-19-30/h3-19,28,31,34H,20-22H2,1-2H3/t28-,31+/m0/s1. The monoisotopic (exact) mass is 657 g/mol. The van der Waals surface area contributed by atoms with E-state index in [2.05, 4.69) is 15.9 Å². The SMILES string of the molecule is Cc1ccc(S(=O)(=O)OC[C@H](Cc2ccccc2)N(C[C@@H](O)c2ccc(Br)cc2)S(=O)(=O)c2ccc(C)cc2)cc1. The zero-order chi connectivity index (χ0) is 29.6. The summed E-state index contributed by atoms with van der Waals surface area (Å²) in [6.45, 7) is 2.93. The van der Waals surface area contributed by atoms with Gasteiger partial charge in [-0.25, -0.2) is 8.42 Å². The van der Waals surface area contributed by atoms with Gasteiger partial charge >= 0.3 is 0 Å². The topological polar surface area (TPSA) is 101 Å². The Bertz CT molecular complexity index is 1640. The number of rotatable bonds is 12. The highest BCUT2D eigenvalue weighted by Crippen LogP contribution is 2.27. The van der Waals surface area contributed by atoms with Gasteiger partial charge < -0.3 is 5.11 Å². The Morgan fingerprint density at radius 1 is 0.756 bits per heavy atom. The van der Waals surface area contributed by atoms with Gasteiger partial charge in [0.15, 0.2) is 0 Å². The average molecular weight is 659 g/mol. The second kappa shape index (κ2) is 13.4. The number of halogens is 1. The van der Waals surface area contributed by atoms with E-state index in [1.807, 2.05) is 44.2 Å². The van der Waals surface area contributed by atoms with Crippen molar-refractivity contribution >= 4 is 36.1 Å². The van der Waals surface area contributed by atoms with Gasteiger partial charge in [0, 0.05) is 11.0 Å². The molecule has 10 heteroatoms. The molecule has 2 atom stereocenters. The van der Waals surface area contributed by atoms with E-state index in [0.29, 0.717) is 5.56 Å². The third-order valence-electron chi connectivity index (χ3n) is 6.68. The lowest BCUT2D eigenvalue weighted by molar-refractivity contribution is 0.117. The Balaban J connectivity index is 1.74. The molecule has 0 saturated heterocycles. The maximum Gasteiger partial charge on any atom is 0.297 e. The number of aliphatic hydroxyl groups excluding tert-OH is 1. The fourth-order valence-corrected chi connectivity index (χ4v) is 7.14. The third kappa shape index (κ3) is 8.12. The predicted molar refractivity (Wildman–Crippen MR) is 162 cm³/mol. The van der Waals surface area contributed by atoms with Crippen molar-refractivity contribution in [2.24, 2.45) is 0 Å². The minimum Gasteiger partial charge on any atom is -0.387 e.